The third kappa shape index (κ3) is 9.18. The van der Waals surface area contributed by atoms with E-state index in [0.29, 0.717) is 54.0 Å². The molecule has 0 radical (unpaired) electrons. The molecular weight excluding hydrogens is 561 g/mol. The van der Waals surface area contributed by atoms with Crippen LogP contribution in [-0.4, -0.2) is 76.6 Å². The first-order valence-electron chi connectivity index (χ1n) is 12.5. The van der Waals surface area contributed by atoms with Gasteiger partial charge in [0.15, 0.2) is 0 Å². The maximum Gasteiger partial charge on any atom is 0.573 e. The number of anilines is 2. The van der Waals surface area contributed by atoms with E-state index in [1.165, 1.54) is 30.8 Å². The molecule has 1 aromatic carbocycles. The predicted molar refractivity (Wildman–Crippen MR) is 146 cm³/mol. The molecule has 3 aromatic rings. The van der Waals surface area contributed by atoms with Crippen molar-refractivity contribution in [1.29, 1.82) is 0 Å². The third-order valence-corrected chi connectivity index (χ3v) is 7.09. The van der Waals surface area contributed by atoms with Gasteiger partial charge in [0.05, 0.1) is 12.1 Å². The monoisotopic (exact) mass is 588 g/mol. The van der Waals surface area contributed by atoms with E-state index < -0.39 is 18.0 Å². The van der Waals surface area contributed by atoms with Crippen LogP contribution >= 0.6 is 11.8 Å². The van der Waals surface area contributed by atoms with Crippen LogP contribution in [0.15, 0.2) is 66.0 Å². The second kappa shape index (κ2) is 13.5. The van der Waals surface area contributed by atoms with Crippen LogP contribution in [0.3, 0.4) is 0 Å². The number of aromatic nitrogens is 2. The van der Waals surface area contributed by atoms with Crippen LogP contribution in [0.1, 0.15) is 22.8 Å². The Bertz CT molecular complexity index is 1380. The highest BCUT2D eigenvalue weighted by Crippen LogP contribution is 2.27. The smallest absolute Gasteiger partial charge is 0.406 e. The van der Waals surface area contributed by atoms with Gasteiger partial charge in [-0.3, -0.25) is 19.3 Å². The zero-order valence-electron chi connectivity index (χ0n) is 22.0. The second-order valence-electron chi connectivity index (χ2n) is 9.05. The normalized spacial score (nSPS) is 13.9. The molecule has 3 amide bonds. The number of pyridine rings is 2. The highest BCUT2D eigenvalue weighted by molar-refractivity contribution is 7.98. The number of amides is 3. The Morgan fingerprint density at radius 2 is 1.71 bits per heavy atom. The van der Waals surface area contributed by atoms with Gasteiger partial charge in [-0.15, -0.1) is 24.9 Å². The number of rotatable bonds is 9. The van der Waals surface area contributed by atoms with Crippen molar-refractivity contribution in [3.8, 4) is 5.75 Å². The molecule has 1 aliphatic rings. The first-order valence-corrected chi connectivity index (χ1v) is 13.5. The Balaban J connectivity index is 1.31. The molecule has 216 valence electrons. The minimum absolute atomic E-state index is 0.0274. The molecule has 0 atom stereocenters. The lowest BCUT2D eigenvalue weighted by molar-refractivity contribution is -0.274. The van der Waals surface area contributed by atoms with E-state index in [9.17, 15) is 27.6 Å². The van der Waals surface area contributed by atoms with Crippen LogP contribution in [0.5, 0.6) is 5.75 Å². The summed E-state index contributed by atoms with van der Waals surface area (Å²) in [7, 11) is 0. The lowest BCUT2D eigenvalue weighted by Gasteiger charge is -2.33. The topological polar surface area (TPSA) is 117 Å². The summed E-state index contributed by atoms with van der Waals surface area (Å²) in [5, 5.41) is 5.90. The summed E-state index contributed by atoms with van der Waals surface area (Å²) < 4.78 is 41.0. The number of nitrogens with one attached hydrogen (secondary N) is 2. The van der Waals surface area contributed by atoms with Gasteiger partial charge in [-0.25, -0.2) is 9.97 Å². The molecule has 2 N–H and O–H groups in total. The summed E-state index contributed by atoms with van der Waals surface area (Å²) >= 11 is 1.31. The number of alkyl halides is 3. The van der Waals surface area contributed by atoms with Crippen molar-refractivity contribution in [2.24, 2.45) is 0 Å². The fraction of sp³-hybridized carbons (Fsp3) is 0.296. The van der Waals surface area contributed by atoms with Gasteiger partial charge in [0, 0.05) is 56.9 Å². The minimum Gasteiger partial charge on any atom is -0.406 e. The van der Waals surface area contributed by atoms with E-state index in [1.807, 2.05) is 4.90 Å². The summed E-state index contributed by atoms with van der Waals surface area (Å²) in [4.78, 5) is 49.2. The van der Waals surface area contributed by atoms with Crippen molar-refractivity contribution in [2.45, 2.75) is 24.1 Å². The number of nitrogens with zero attached hydrogens (tertiary/aromatic N) is 4. The Labute approximate surface area is 238 Å². The fourth-order valence-electron chi connectivity index (χ4n) is 4.01. The number of ether oxygens (including phenoxy) is 1. The fourth-order valence-corrected chi connectivity index (χ4v) is 4.94. The quantitative estimate of drug-likeness (QED) is 0.360. The molecule has 41 heavy (non-hydrogen) atoms. The molecule has 1 saturated heterocycles. The summed E-state index contributed by atoms with van der Waals surface area (Å²) in [6.07, 6.45) is -1.67. The summed E-state index contributed by atoms with van der Waals surface area (Å²) in [5.41, 5.74) is 1.42. The van der Waals surface area contributed by atoms with Crippen molar-refractivity contribution in [1.82, 2.24) is 19.8 Å². The summed E-state index contributed by atoms with van der Waals surface area (Å²) in [5.74, 6) is -0.225. The minimum atomic E-state index is -4.80. The first kappa shape index (κ1) is 29.8. The van der Waals surface area contributed by atoms with Gasteiger partial charge in [0.2, 0.25) is 11.8 Å². The largest absolute Gasteiger partial charge is 0.573 e. The highest BCUT2D eigenvalue weighted by atomic mass is 32.2. The zero-order valence-corrected chi connectivity index (χ0v) is 22.8. The van der Waals surface area contributed by atoms with E-state index in [-0.39, 0.29) is 18.4 Å². The Hall–Kier alpha value is -4.17. The van der Waals surface area contributed by atoms with Gasteiger partial charge in [-0.05, 0) is 54.1 Å². The molecule has 2 aromatic heterocycles. The Kier molecular flexibility index (Phi) is 9.78. The third-order valence-electron chi connectivity index (χ3n) is 6.01. The van der Waals surface area contributed by atoms with Crippen molar-refractivity contribution in [3.05, 3.63) is 72.1 Å². The highest BCUT2D eigenvalue weighted by Gasteiger charge is 2.31. The predicted octanol–water partition coefficient (Wildman–Crippen LogP) is 4.02. The lowest BCUT2D eigenvalue weighted by Crippen LogP contribution is -2.49. The molecule has 0 saturated carbocycles. The first-order chi connectivity index (χ1) is 19.6. The molecule has 4 rings (SSSR count). The average molecular weight is 589 g/mol. The van der Waals surface area contributed by atoms with E-state index in [4.69, 9.17) is 0 Å². The van der Waals surface area contributed by atoms with Gasteiger partial charge in [0.1, 0.15) is 16.6 Å². The van der Waals surface area contributed by atoms with Crippen molar-refractivity contribution >= 4 is 41.0 Å². The molecule has 0 unspecified atom stereocenters. The van der Waals surface area contributed by atoms with Crippen molar-refractivity contribution < 1.29 is 32.3 Å². The molecule has 1 aliphatic heterocycles. The van der Waals surface area contributed by atoms with E-state index in [1.54, 1.807) is 41.6 Å². The second-order valence-corrected chi connectivity index (χ2v) is 10.0. The number of hydrogen-bond donors (Lipinski definition) is 2. The number of carbonyl (C=O) groups excluding carboxylic acids is 3. The van der Waals surface area contributed by atoms with Gasteiger partial charge >= 0.3 is 6.36 Å². The summed E-state index contributed by atoms with van der Waals surface area (Å²) in [6, 6.07) is 11.6. The zero-order chi connectivity index (χ0) is 29.4. The number of benzene rings is 1. The molecule has 14 heteroatoms. The lowest BCUT2D eigenvalue weighted by atomic mass is 10.2. The van der Waals surface area contributed by atoms with E-state index in [2.05, 4.69) is 25.3 Å². The van der Waals surface area contributed by atoms with Crippen LogP contribution in [-0.2, 0) is 15.3 Å². The summed E-state index contributed by atoms with van der Waals surface area (Å²) in [6.45, 7) is 4.14. The van der Waals surface area contributed by atoms with Crippen molar-refractivity contribution in [3.63, 3.8) is 0 Å². The number of piperazine rings is 1. The van der Waals surface area contributed by atoms with Crippen molar-refractivity contribution in [2.75, 3.05) is 43.4 Å². The van der Waals surface area contributed by atoms with Crippen LogP contribution in [0.4, 0.5) is 24.7 Å². The number of carbonyl (C=O) groups is 3. The molecule has 0 bridgehead atoms. The standard InChI is InChI=1S/C27H27F3N6O4S/c1-18(37)36-13-11-35(12-14-36)16-24(38)34-23-15-19(8-10-31-23)17-41-26-22(3-2-9-32-26)25(39)33-20-4-6-21(7-5-20)40-27(28,29)30/h2-10,15H,11-14,16-17H2,1H3,(H,33,39)(H,31,34,38). The Morgan fingerprint density at radius 1 is 0.976 bits per heavy atom. The molecule has 0 aliphatic carbocycles. The van der Waals surface area contributed by atoms with Crippen LogP contribution in [0, 0.1) is 0 Å². The van der Waals surface area contributed by atoms with E-state index >= 15 is 0 Å². The average Bonchev–Trinajstić information content (AvgIpc) is 2.93. The number of thioether (sulfide) groups is 1. The molecule has 0 spiro atoms. The molecular formula is C27H27F3N6O4S. The maximum absolute atomic E-state index is 12.9. The molecule has 10 nitrogen and oxygen atoms in total. The van der Waals surface area contributed by atoms with Crippen LogP contribution in [0.25, 0.3) is 0 Å². The van der Waals surface area contributed by atoms with Gasteiger partial charge in [0.25, 0.3) is 5.91 Å². The maximum atomic E-state index is 12.9. The van der Waals surface area contributed by atoms with Gasteiger partial charge in [-0.2, -0.15) is 0 Å². The van der Waals surface area contributed by atoms with Gasteiger partial charge in [-0.1, -0.05) is 0 Å². The molecule has 3 heterocycles. The van der Waals surface area contributed by atoms with E-state index in [0.717, 1.165) is 17.7 Å². The number of hydrogen-bond acceptors (Lipinski definition) is 8. The molecule has 1 fully saturated rings. The van der Waals surface area contributed by atoms with Crippen LogP contribution < -0.4 is 15.4 Å². The SMILES string of the molecule is CC(=O)N1CCN(CC(=O)Nc2cc(CSc3ncccc3C(=O)Nc3ccc(OC(F)(F)F)cc3)ccn2)CC1. The Morgan fingerprint density at radius 3 is 2.39 bits per heavy atom. The van der Waals surface area contributed by atoms with Crippen LogP contribution in [0.2, 0.25) is 0 Å². The van der Waals surface area contributed by atoms with Gasteiger partial charge < -0.3 is 20.3 Å². The number of halogens is 3.